The smallest absolute Gasteiger partial charge is 0.282 e. The van der Waals surface area contributed by atoms with Crippen LogP contribution in [0.3, 0.4) is 0 Å². The number of ether oxygens (including phenoxy) is 2. The van der Waals surface area contributed by atoms with E-state index in [2.05, 4.69) is 57.9 Å². The average Bonchev–Trinajstić information content (AvgIpc) is 2.77. The third-order valence-electron chi connectivity index (χ3n) is 4.48. The van der Waals surface area contributed by atoms with E-state index in [0.29, 0.717) is 55.8 Å². The van der Waals surface area contributed by atoms with E-state index in [0.717, 1.165) is 10.9 Å². The van der Waals surface area contributed by atoms with Crippen molar-refractivity contribution < 1.29 is 14.3 Å². The second-order valence-corrected chi connectivity index (χ2v) is 9.41. The number of hydrogen-bond acceptors (Lipinski definition) is 6. The maximum absolute atomic E-state index is 13.2. The van der Waals surface area contributed by atoms with Gasteiger partial charge in [-0.05, 0) is 69.5 Å². The molecule has 0 unspecified atom stereocenters. The number of nitrogens with zero attached hydrogens (tertiary/aromatic N) is 3. The summed E-state index contributed by atoms with van der Waals surface area (Å²) in [5.41, 5.74) is 6.19. The van der Waals surface area contributed by atoms with Gasteiger partial charge in [-0.1, -0.05) is 22.9 Å². The first-order valence-corrected chi connectivity index (χ1v) is 12.5. The number of halogens is 3. The van der Waals surface area contributed by atoms with Crippen LogP contribution in [0, 0.1) is 0 Å². The van der Waals surface area contributed by atoms with Gasteiger partial charge in [0.15, 0.2) is 18.1 Å². The lowest BCUT2D eigenvalue weighted by atomic mass is 10.2. The Morgan fingerprint density at radius 2 is 1.94 bits per heavy atom. The van der Waals surface area contributed by atoms with Crippen molar-refractivity contribution in [3.8, 4) is 11.5 Å². The molecule has 0 spiro atoms. The van der Waals surface area contributed by atoms with Crippen LogP contribution in [0.4, 0.5) is 0 Å². The third-order valence-corrected chi connectivity index (χ3v) is 7.11. The van der Waals surface area contributed by atoms with Crippen LogP contribution in [0.15, 0.2) is 47.6 Å². The minimum atomic E-state index is -0.607. The molecule has 0 aliphatic carbocycles. The molecule has 0 saturated heterocycles. The number of fused-ring (bicyclic) bond motifs is 1. The molecule has 3 aromatic rings. The first kappa shape index (κ1) is 25.4. The summed E-state index contributed by atoms with van der Waals surface area (Å²) in [5, 5.41) is 4.93. The SMILES string of the molecule is CCCc1nc2ccc(Br)cc2c(=O)n1N=Cc1cc(OCC)c(OCC(N)=O)c(Br)c1Br. The van der Waals surface area contributed by atoms with Gasteiger partial charge in [-0.15, -0.1) is 0 Å². The molecule has 0 fully saturated rings. The maximum Gasteiger partial charge on any atom is 0.282 e. The highest BCUT2D eigenvalue weighted by Crippen LogP contribution is 2.42. The Hall–Kier alpha value is -2.24. The summed E-state index contributed by atoms with van der Waals surface area (Å²) < 4.78 is 14.4. The van der Waals surface area contributed by atoms with Crippen molar-refractivity contribution in [1.82, 2.24) is 9.66 Å². The number of rotatable bonds is 9. The molecule has 0 radical (unpaired) electrons. The maximum atomic E-state index is 13.2. The van der Waals surface area contributed by atoms with Crippen LogP contribution in [0.5, 0.6) is 11.5 Å². The number of aryl methyl sites for hydroxylation is 1. The van der Waals surface area contributed by atoms with Crippen LogP contribution in [-0.2, 0) is 11.2 Å². The zero-order valence-corrected chi connectivity index (χ0v) is 22.7. The molecule has 0 aliphatic rings. The molecule has 2 aromatic carbocycles. The molecule has 2 N–H and O–H groups in total. The van der Waals surface area contributed by atoms with Crippen molar-refractivity contribution >= 4 is 70.8 Å². The summed E-state index contributed by atoms with van der Waals surface area (Å²) in [6.07, 6.45) is 2.94. The van der Waals surface area contributed by atoms with E-state index in [1.807, 2.05) is 19.9 Å². The highest BCUT2D eigenvalue weighted by molar-refractivity contribution is 9.13. The van der Waals surface area contributed by atoms with Crippen LogP contribution in [0.25, 0.3) is 10.9 Å². The zero-order valence-electron chi connectivity index (χ0n) is 17.9. The van der Waals surface area contributed by atoms with Crippen LogP contribution in [0.1, 0.15) is 31.7 Å². The number of aromatic nitrogens is 2. The lowest BCUT2D eigenvalue weighted by molar-refractivity contribution is -0.119. The van der Waals surface area contributed by atoms with Gasteiger partial charge in [0.2, 0.25) is 0 Å². The molecule has 8 nitrogen and oxygen atoms in total. The van der Waals surface area contributed by atoms with E-state index < -0.39 is 5.91 Å². The predicted octanol–water partition coefficient (Wildman–Crippen LogP) is 4.78. The molecule has 3 rings (SSSR count). The van der Waals surface area contributed by atoms with Gasteiger partial charge < -0.3 is 15.2 Å². The molecule has 33 heavy (non-hydrogen) atoms. The molecule has 174 valence electrons. The highest BCUT2D eigenvalue weighted by atomic mass is 79.9. The molecular weight excluding hydrogens is 624 g/mol. The van der Waals surface area contributed by atoms with E-state index in [1.54, 1.807) is 24.4 Å². The Kier molecular flexibility index (Phi) is 8.66. The van der Waals surface area contributed by atoms with Crippen LogP contribution < -0.4 is 20.8 Å². The Labute approximate surface area is 215 Å². The number of hydrogen-bond donors (Lipinski definition) is 1. The zero-order chi connectivity index (χ0) is 24.1. The molecule has 1 aromatic heterocycles. The van der Waals surface area contributed by atoms with Crippen molar-refractivity contribution in [2.45, 2.75) is 26.7 Å². The molecule has 0 aliphatic heterocycles. The molecule has 1 heterocycles. The van der Waals surface area contributed by atoms with Gasteiger partial charge in [0.05, 0.1) is 28.2 Å². The van der Waals surface area contributed by atoms with Crippen LogP contribution >= 0.6 is 47.8 Å². The number of carbonyl (C=O) groups excluding carboxylic acids is 1. The standard InChI is InChI=1S/C22H21Br3N4O4/c1-3-5-18-28-15-7-6-13(23)9-14(15)22(31)29(18)27-10-12-8-16(32-4-2)21(20(25)19(12)24)33-11-17(26)30/h6-10H,3-5,11H2,1-2H3,(H2,26,30). The molecule has 1 amide bonds. The number of primary amides is 1. The normalized spacial score (nSPS) is 11.3. The topological polar surface area (TPSA) is 109 Å². The summed E-state index contributed by atoms with van der Waals surface area (Å²) >= 11 is 10.4. The van der Waals surface area contributed by atoms with Gasteiger partial charge in [0, 0.05) is 20.9 Å². The molecule has 0 bridgehead atoms. The third kappa shape index (κ3) is 5.82. The van der Waals surface area contributed by atoms with E-state index >= 15 is 0 Å². The Morgan fingerprint density at radius 1 is 1.18 bits per heavy atom. The van der Waals surface area contributed by atoms with E-state index in [9.17, 15) is 9.59 Å². The van der Waals surface area contributed by atoms with Gasteiger partial charge in [0.1, 0.15) is 5.82 Å². The minimum Gasteiger partial charge on any atom is -0.490 e. The Morgan fingerprint density at radius 3 is 2.61 bits per heavy atom. The summed E-state index contributed by atoms with van der Waals surface area (Å²) in [6, 6.07) is 7.09. The first-order chi connectivity index (χ1) is 15.8. The molecule has 11 heteroatoms. The number of nitrogens with two attached hydrogens (primary N) is 1. The average molecular weight is 645 g/mol. The molecule has 0 atom stereocenters. The predicted molar refractivity (Wildman–Crippen MR) is 138 cm³/mol. The van der Waals surface area contributed by atoms with Gasteiger partial charge in [0.25, 0.3) is 11.5 Å². The monoisotopic (exact) mass is 642 g/mol. The number of benzene rings is 2. The van der Waals surface area contributed by atoms with Gasteiger partial charge >= 0.3 is 0 Å². The van der Waals surface area contributed by atoms with Gasteiger partial charge in [-0.2, -0.15) is 9.78 Å². The second kappa shape index (κ2) is 11.3. The van der Waals surface area contributed by atoms with E-state index in [1.165, 1.54) is 4.68 Å². The first-order valence-electron chi connectivity index (χ1n) is 10.1. The highest BCUT2D eigenvalue weighted by Gasteiger charge is 2.18. The van der Waals surface area contributed by atoms with Crippen LogP contribution in [0.2, 0.25) is 0 Å². The van der Waals surface area contributed by atoms with Crippen molar-refractivity contribution in [3.63, 3.8) is 0 Å². The summed E-state index contributed by atoms with van der Waals surface area (Å²) in [5.74, 6) is 0.692. The summed E-state index contributed by atoms with van der Waals surface area (Å²) in [4.78, 5) is 29.0. The molecule has 0 saturated carbocycles. The lowest BCUT2D eigenvalue weighted by Crippen LogP contribution is -2.22. The van der Waals surface area contributed by atoms with Crippen molar-refractivity contribution in [3.05, 3.63) is 59.4 Å². The fraction of sp³-hybridized carbons (Fsp3) is 0.273. The quantitative estimate of drug-likeness (QED) is 0.337. The van der Waals surface area contributed by atoms with Crippen molar-refractivity contribution in [2.75, 3.05) is 13.2 Å². The summed E-state index contributed by atoms with van der Waals surface area (Å²) in [7, 11) is 0. The largest absolute Gasteiger partial charge is 0.490 e. The second-order valence-electron chi connectivity index (χ2n) is 6.91. The Balaban J connectivity index is 2.12. The fourth-order valence-electron chi connectivity index (χ4n) is 3.06. The summed E-state index contributed by atoms with van der Waals surface area (Å²) in [6.45, 7) is 3.92. The van der Waals surface area contributed by atoms with Crippen molar-refractivity contribution in [1.29, 1.82) is 0 Å². The van der Waals surface area contributed by atoms with E-state index in [4.69, 9.17) is 15.2 Å². The molecular formula is C22H21Br3N4O4. The lowest BCUT2D eigenvalue weighted by Gasteiger charge is -2.15. The minimum absolute atomic E-state index is 0.261. The Bertz CT molecular complexity index is 1290. The van der Waals surface area contributed by atoms with E-state index in [-0.39, 0.29) is 12.2 Å². The van der Waals surface area contributed by atoms with Gasteiger partial charge in [-0.25, -0.2) is 4.98 Å². The number of amides is 1. The number of carbonyl (C=O) groups is 1. The fourth-order valence-corrected chi connectivity index (χ4v) is 4.36. The van der Waals surface area contributed by atoms with Crippen molar-refractivity contribution in [2.24, 2.45) is 10.8 Å². The van der Waals surface area contributed by atoms with Gasteiger partial charge in [-0.3, -0.25) is 9.59 Å². The van der Waals surface area contributed by atoms with Crippen LogP contribution in [-0.4, -0.2) is 35.0 Å².